The molecule has 1 aromatic heterocycles. The van der Waals surface area contributed by atoms with E-state index in [2.05, 4.69) is 45.5 Å². The summed E-state index contributed by atoms with van der Waals surface area (Å²) >= 11 is 0. The zero-order valence-corrected chi connectivity index (χ0v) is 12.0. The highest BCUT2D eigenvalue weighted by Gasteiger charge is 2.18. The molecule has 2 heterocycles. The molecule has 108 valence electrons. The Morgan fingerprint density at radius 1 is 0.909 bits per heavy atom. The van der Waals surface area contributed by atoms with Crippen LogP contribution in [0, 0.1) is 0 Å². The van der Waals surface area contributed by atoms with Gasteiger partial charge in [-0.1, -0.05) is 36.4 Å². The highest BCUT2D eigenvalue weighted by molar-refractivity contribution is 5.96. The Balaban J connectivity index is 1.64. The molecule has 1 aliphatic rings. The van der Waals surface area contributed by atoms with Crippen molar-refractivity contribution in [3.63, 3.8) is 0 Å². The molecule has 1 aliphatic heterocycles. The molecular formula is C17H15N5. The van der Waals surface area contributed by atoms with Crippen molar-refractivity contribution in [1.82, 2.24) is 14.9 Å². The second kappa shape index (κ2) is 5.44. The molecule has 5 nitrogen and oxygen atoms in total. The number of para-hydroxylation sites is 2. The van der Waals surface area contributed by atoms with Crippen molar-refractivity contribution in [2.24, 2.45) is 4.99 Å². The standard InChI is InChI=1S/C17H15N5/c1-2-7-16(8-3-1)22(21-12-18-19-13-21)11-15-10-14-6-4-5-9-17(14)20-15/h1-9,12-13H,10-11H2. The van der Waals surface area contributed by atoms with E-state index in [0.29, 0.717) is 6.54 Å². The van der Waals surface area contributed by atoms with E-state index in [1.54, 1.807) is 12.7 Å². The molecule has 0 spiro atoms. The molecule has 0 saturated heterocycles. The molecule has 0 fully saturated rings. The number of benzene rings is 2. The minimum absolute atomic E-state index is 0.705. The van der Waals surface area contributed by atoms with Gasteiger partial charge in [0.05, 0.1) is 17.9 Å². The van der Waals surface area contributed by atoms with Crippen LogP contribution in [-0.4, -0.2) is 27.1 Å². The van der Waals surface area contributed by atoms with E-state index in [4.69, 9.17) is 4.99 Å². The summed E-state index contributed by atoms with van der Waals surface area (Å²) in [5.74, 6) is 0. The summed E-state index contributed by atoms with van der Waals surface area (Å²) in [6.07, 6.45) is 4.30. The number of hydrogen-bond donors (Lipinski definition) is 0. The smallest absolute Gasteiger partial charge is 0.139 e. The maximum atomic E-state index is 4.75. The molecule has 0 bridgehead atoms. The van der Waals surface area contributed by atoms with Gasteiger partial charge in [0.2, 0.25) is 0 Å². The van der Waals surface area contributed by atoms with Gasteiger partial charge in [-0.3, -0.25) is 10.0 Å². The number of anilines is 1. The van der Waals surface area contributed by atoms with E-state index in [1.807, 2.05) is 28.9 Å². The lowest BCUT2D eigenvalue weighted by molar-refractivity contribution is 0.741. The molecule has 0 unspecified atom stereocenters. The van der Waals surface area contributed by atoms with Crippen LogP contribution in [0.25, 0.3) is 0 Å². The first-order chi connectivity index (χ1) is 10.9. The average molecular weight is 289 g/mol. The largest absolute Gasteiger partial charge is 0.273 e. The summed E-state index contributed by atoms with van der Waals surface area (Å²) < 4.78 is 1.89. The molecule has 5 heteroatoms. The molecule has 2 aromatic carbocycles. The predicted molar refractivity (Wildman–Crippen MR) is 86.4 cm³/mol. The van der Waals surface area contributed by atoms with E-state index < -0.39 is 0 Å². The fraction of sp³-hybridized carbons (Fsp3) is 0.118. The number of aromatic nitrogens is 3. The first-order valence-corrected chi connectivity index (χ1v) is 7.22. The molecule has 3 aromatic rings. The van der Waals surface area contributed by atoms with Crippen molar-refractivity contribution in [2.45, 2.75) is 6.42 Å². The van der Waals surface area contributed by atoms with Crippen LogP contribution < -0.4 is 5.01 Å². The monoisotopic (exact) mass is 289 g/mol. The third kappa shape index (κ3) is 2.37. The van der Waals surface area contributed by atoms with Gasteiger partial charge in [0, 0.05) is 12.1 Å². The molecule has 0 radical (unpaired) electrons. The molecule has 0 amide bonds. The van der Waals surface area contributed by atoms with Gasteiger partial charge in [0.1, 0.15) is 12.7 Å². The summed E-state index contributed by atoms with van der Waals surface area (Å²) in [6, 6.07) is 18.5. The van der Waals surface area contributed by atoms with E-state index in [9.17, 15) is 0 Å². The summed E-state index contributed by atoms with van der Waals surface area (Å²) in [5, 5.41) is 9.94. The van der Waals surface area contributed by atoms with E-state index in [-0.39, 0.29) is 0 Å². The number of aliphatic imine (C=N–C) groups is 1. The van der Waals surface area contributed by atoms with Crippen molar-refractivity contribution in [3.05, 3.63) is 72.8 Å². The Hall–Kier alpha value is -2.95. The van der Waals surface area contributed by atoms with E-state index in [1.165, 1.54) is 5.56 Å². The van der Waals surface area contributed by atoms with Crippen LogP contribution in [0.2, 0.25) is 0 Å². The summed E-state index contributed by atoms with van der Waals surface area (Å²) in [5.41, 5.74) is 4.59. The highest BCUT2D eigenvalue weighted by atomic mass is 15.6. The second-order valence-electron chi connectivity index (χ2n) is 5.22. The minimum Gasteiger partial charge on any atom is -0.273 e. The van der Waals surface area contributed by atoms with Crippen LogP contribution >= 0.6 is 0 Å². The first-order valence-electron chi connectivity index (χ1n) is 7.22. The Morgan fingerprint density at radius 2 is 1.64 bits per heavy atom. The van der Waals surface area contributed by atoms with Crippen LogP contribution in [-0.2, 0) is 6.42 Å². The topological polar surface area (TPSA) is 46.3 Å². The molecule has 4 rings (SSSR count). The molecule has 0 aliphatic carbocycles. The Morgan fingerprint density at radius 3 is 2.41 bits per heavy atom. The number of fused-ring (bicyclic) bond motifs is 1. The van der Waals surface area contributed by atoms with Crippen molar-refractivity contribution in [2.75, 3.05) is 11.6 Å². The second-order valence-corrected chi connectivity index (χ2v) is 5.22. The maximum Gasteiger partial charge on any atom is 0.139 e. The van der Waals surface area contributed by atoms with Gasteiger partial charge in [-0.25, -0.2) is 4.68 Å². The summed E-state index contributed by atoms with van der Waals surface area (Å²) in [4.78, 5) is 4.75. The quantitative estimate of drug-likeness (QED) is 0.742. The highest BCUT2D eigenvalue weighted by Crippen LogP contribution is 2.27. The average Bonchev–Trinajstić information content (AvgIpc) is 3.22. The SMILES string of the molecule is c1ccc(N(CC2=Nc3ccccc3C2)n2cnnc2)cc1. The van der Waals surface area contributed by atoms with Gasteiger partial charge in [0.15, 0.2) is 0 Å². The number of rotatable bonds is 4. The Bertz CT molecular complexity index is 793. The van der Waals surface area contributed by atoms with Gasteiger partial charge >= 0.3 is 0 Å². The maximum absolute atomic E-state index is 4.75. The number of nitrogens with zero attached hydrogens (tertiary/aromatic N) is 5. The lowest BCUT2D eigenvalue weighted by atomic mass is 10.1. The van der Waals surface area contributed by atoms with Gasteiger partial charge in [-0.15, -0.1) is 10.2 Å². The van der Waals surface area contributed by atoms with Gasteiger partial charge < -0.3 is 0 Å². The van der Waals surface area contributed by atoms with Crippen molar-refractivity contribution < 1.29 is 0 Å². The first kappa shape index (κ1) is 12.8. The lowest BCUT2D eigenvalue weighted by Gasteiger charge is -2.24. The van der Waals surface area contributed by atoms with Crippen LogP contribution in [0.3, 0.4) is 0 Å². The van der Waals surface area contributed by atoms with Crippen molar-refractivity contribution in [3.8, 4) is 0 Å². The lowest BCUT2D eigenvalue weighted by Crippen LogP contribution is -2.34. The van der Waals surface area contributed by atoms with Gasteiger partial charge in [0.25, 0.3) is 0 Å². The molecular weight excluding hydrogens is 274 g/mol. The van der Waals surface area contributed by atoms with Gasteiger partial charge in [-0.05, 0) is 23.8 Å². The zero-order chi connectivity index (χ0) is 14.8. The predicted octanol–water partition coefficient (Wildman–Crippen LogP) is 2.88. The minimum atomic E-state index is 0.705. The van der Waals surface area contributed by atoms with E-state index >= 15 is 0 Å². The molecule has 22 heavy (non-hydrogen) atoms. The van der Waals surface area contributed by atoms with Crippen molar-refractivity contribution in [1.29, 1.82) is 0 Å². The van der Waals surface area contributed by atoms with Crippen LogP contribution in [0.4, 0.5) is 11.4 Å². The van der Waals surface area contributed by atoms with Crippen LogP contribution in [0.15, 0.2) is 72.2 Å². The Kier molecular flexibility index (Phi) is 3.16. The van der Waals surface area contributed by atoms with E-state index in [0.717, 1.165) is 23.5 Å². The fourth-order valence-electron chi connectivity index (χ4n) is 2.69. The van der Waals surface area contributed by atoms with Crippen molar-refractivity contribution >= 4 is 17.1 Å². The molecule has 0 saturated carbocycles. The summed E-state index contributed by atoms with van der Waals surface area (Å²) in [7, 11) is 0. The van der Waals surface area contributed by atoms with Crippen LogP contribution in [0.1, 0.15) is 5.56 Å². The molecule has 0 atom stereocenters. The normalized spacial score (nSPS) is 12.8. The van der Waals surface area contributed by atoms with Crippen LogP contribution in [0.5, 0.6) is 0 Å². The zero-order valence-electron chi connectivity index (χ0n) is 12.0. The third-order valence-corrected chi connectivity index (χ3v) is 3.74. The molecule has 0 N–H and O–H groups in total. The third-order valence-electron chi connectivity index (χ3n) is 3.74. The Labute approximate surface area is 128 Å². The number of hydrogen-bond acceptors (Lipinski definition) is 4. The summed E-state index contributed by atoms with van der Waals surface area (Å²) in [6.45, 7) is 0.705. The van der Waals surface area contributed by atoms with Gasteiger partial charge in [-0.2, -0.15) is 0 Å². The fourth-order valence-corrected chi connectivity index (χ4v) is 2.69.